The molecule has 0 bridgehead atoms. The lowest BCUT2D eigenvalue weighted by Gasteiger charge is -2.06. The highest BCUT2D eigenvalue weighted by molar-refractivity contribution is 9.10. The van der Waals surface area contributed by atoms with Gasteiger partial charge in [-0.15, -0.1) is 0 Å². The Bertz CT molecular complexity index is 574. The summed E-state index contributed by atoms with van der Waals surface area (Å²) in [6, 6.07) is 5.78. The first kappa shape index (κ1) is 14.4. The molecule has 5 nitrogen and oxygen atoms in total. The summed E-state index contributed by atoms with van der Waals surface area (Å²) in [4.78, 5) is 19.4. The Labute approximate surface area is 123 Å². The van der Waals surface area contributed by atoms with E-state index in [1.165, 1.54) is 12.1 Å². The Morgan fingerprint density at radius 1 is 1.20 bits per heavy atom. The number of carbonyl (C=O) groups is 1. The molecule has 104 valence electrons. The number of rotatable bonds is 4. The second-order valence-corrected chi connectivity index (χ2v) is 4.90. The molecule has 0 aliphatic carbocycles. The average molecular weight is 339 g/mol. The van der Waals surface area contributed by atoms with E-state index in [4.69, 9.17) is 0 Å². The molecule has 0 aliphatic rings. The predicted molar refractivity (Wildman–Crippen MR) is 76.9 cm³/mol. The highest BCUT2D eigenvalue weighted by Gasteiger charge is 2.03. The van der Waals surface area contributed by atoms with Crippen LogP contribution in [-0.2, 0) is 6.42 Å². The fraction of sp³-hybridized carbons (Fsp3) is 0.154. The first-order chi connectivity index (χ1) is 9.63. The van der Waals surface area contributed by atoms with E-state index in [1.807, 2.05) is 0 Å². The molecule has 2 rings (SSSR count). The van der Waals surface area contributed by atoms with Crippen LogP contribution in [0.15, 0.2) is 41.1 Å². The molecule has 0 spiro atoms. The normalized spacial score (nSPS) is 10.1. The monoisotopic (exact) mass is 338 g/mol. The molecule has 0 aliphatic heterocycles. The van der Waals surface area contributed by atoms with Crippen LogP contribution in [0.4, 0.5) is 15.1 Å². The third kappa shape index (κ3) is 4.58. The van der Waals surface area contributed by atoms with Crippen molar-refractivity contribution in [2.24, 2.45) is 0 Å². The second kappa shape index (κ2) is 6.95. The number of nitrogens with one attached hydrogen (secondary N) is 2. The van der Waals surface area contributed by atoms with Gasteiger partial charge in [-0.25, -0.2) is 19.2 Å². The van der Waals surface area contributed by atoms with Gasteiger partial charge in [0.15, 0.2) is 0 Å². The van der Waals surface area contributed by atoms with Gasteiger partial charge in [0.2, 0.25) is 5.95 Å². The van der Waals surface area contributed by atoms with E-state index in [1.54, 1.807) is 24.5 Å². The molecule has 7 heteroatoms. The number of anilines is 1. The standard InChI is InChI=1S/C13H12BrFN4O/c14-10-7-17-12(18-8-10)19-13(20)16-6-5-9-1-3-11(15)4-2-9/h1-4,7-8H,5-6H2,(H2,16,17,18,19,20). The van der Waals surface area contributed by atoms with Crippen LogP contribution in [0, 0.1) is 5.82 Å². The molecule has 0 saturated carbocycles. The minimum Gasteiger partial charge on any atom is -0.337 e. The number of benzene rings is 1. The highest BCUT2D eigenvalue weighted by atomic mass is 79.9. The molecule has 1 aromatic carbocycles. The summed E-state index contributed by atoms with van der Waals surface area (Å²) < 4.78 is 13.4. The van der Waals surface area contributed by atoms with Gasteiger partial charge >= 0.3 is 6.03 Å². The predicted octanol–water partition coefficient (Wildman–Crippen LogP) is 2.74. The van der Waals surface area contributed by atoms with Crippen LogP contribution in [0.25, 0.3) is 0 Å². The lowest BCUT2D eigenvalue weighted by atomic mass is 10.1. The Hall–Kier alpha value is -2.02. The number of carbonyl (C=O) groups excluding carboxylic acids is 1. The summed E-state index contributed by atoms with van der Waals surface area (Å²) in [5.41, 5.74) is 0.951. The third-order valence-electron chi connectivity index (χ3n) is 2.46. The Balaban J connectivity index is 1.75. The SMILES string of the molecule is O=C(NCCc1ccc(F)cc1)Nc1ncc(Br)cn1. The molecule has 2 amide bonds. The van der Waals surface area contributed by atoms with E-state index >= 15 is 0 Å². The molecule has 0 unspecified atom stereocenters. The quantitative estimate of drug-likeness (QED) is 0.900. The fourth-order valence-electron chi connectivity index (χ4n) is 1.49. The van der Waals surface area contributed by atoms with Gasteiger partial charge < -0.3 is 5.32 Å². The molecule has 2 aromatic rings. The van der Waals surface area contributed by atoms with Crippen LogP contribution in [0.5, 0.6) is 0 Å². The topological polar surface area (TPSA) is 66.9 Å². The summed E-state index contributed by atoms with van der Waals surface area (Å²) in [7, 11) is 0. The Kier molecular flexibility index (Phi) is 5.00. The first-order valence-electron chi connectivity index (χ1n) is 5.90. The molecular weight excluding hydrogens is 327 g/mol. The van der Waals surface area contributed by atoms with Gasteiger partial charge in [-0.2, -0.15) is 0 Å². The van der Waals surface area contributed by atoms with E-state index in [0.29, 0.717) is 13.0 Å². The highest BCUT2D eigenvalue weighted by Crippen LogP contribution is 2.06. The number of halogens is 2. The molecule has 0 saturated heterocycles. The van der Waals surface area contributed by atoms with Gasteiger partial charge in [-0.1, -0.05) is 12.1 Å². The first-order valence-corrected chi connectivity index (χ1v) is 6.69. The van der Waals surface area contributed by atoms with Gasteiger partial charge in [-0.3, -0.25) is 5.32 Å². The van der Waals surface area contributed by atoms with Crippen LogP contribution < -0.4 is 10.6 Å². The molecule has 0 fully saturated rings. The zero-order chi connectivity index (χ0) is 14.4. The van der Waals surface area contributed by atoms with E-state index in [-0.39, 0.29) is 17.8 Å². The van der Waals surface area contributed by atoms with E-state index in [9.17, 15) is 9.18 Å². The fourth-order valence-corrected chi connectivity index (χ4v) is 1.70. The largest absolute Gasteiger partial charge is 0.337 e. The van der Waals surface area contributed by atoms with Crippen molar-refractivity contribution in [3.63, 3.8) is 0 Å². The molecule has 0 atom stereocenters. The molecule has 1 heterocycles. The maximum absolute atomic E-state index is 12.7. The number of nitrogens with zero attached hydrogens (tertiary/aromatic N) is 2. The number of urea groups is 1. The van der Waals surface area contributed by atoms with Crippen molar-refractivity contribution in [2.75, 3.05) is 11.9 Å². The van der Waals surface area contributed by atoms with Gasteiger partial charge in [0.1, 0.15) is 5.82 Å². The van der Waals surface area contributed by atoms with Gasteiger partial charge in [0, 0.05) is 18.9 Å². The summed E-state index contributed by atoms with van der Waals surface area (Å²) in [6.45, 7) is 0.438. The zero-order valence-corrected chi connectivity index (χ0v) is 12.0. The summed E-state index contributed by atoms with van der Waals surface area (Å²) >= 11 is 3.20. The minimum atomic E-state index is -0.380. The zero-order valence-electron chi connectivity index (χ0n) is 10.4. The van der Waals surface area contributed by atoms with Crippen LogP contribution in [0.3, 0.4) is 0 Å². The van der Waals surface area contributed by atoms with Gasteiger partial charge in [0.05, 0.1) is 4.47 Å². The van der Waals surface area contributed by atoms with E-state index in [2.05, 4.69) is 36.5 Å². The third-order valence-corrected chi connectivity index (χ3v) is 2.87. The van der Waals surface area contributed by atoms with Gasteiger partial charge in [-0.05, 0) is 40.0 Å². The molecule has 1 aromatic heterocycles. The lowest BCUT2D eigenvalue weighted by Crippen LogP contribution is -2.31. The molecule has 0 radical (unpaired) electrons. The Morgan fingerprint density at radius 3 is 2.50 bits per heavy atom. The van der Waals surface area contributed by atoms with Crippen molar-refractivity contribution in [2.45, 2.75) is 6.42 Å². The van der Waals surface area contributed by atoms with Crippen molar-refractivity contribution in [3.05, 3.63) is 52.5 Å². The van der Waals surface area contributed by atoms with Crippen LogP contribution in [0.2, 0.25) is 0 Å². The van der Waals surface area contributed by atoms with Crippen molar-refractivity contribution in [1.29, 1.82) is 0 Å². The minimum absolute atomic E-state index is 0.229. The molecule has 20 heavy (non-hydrogen) atoms. The molecular formula is C13H12BrFN4O. The smallest absolute Gasteiger partial charge is 0.321 e. The number of aromatic nitrogens is 2. The maximum Gasteiger partial charge on any atom is 0.321 e. The van der Waals surface area contributed by atoms with Crippen molar-refractivity contribution in [3.8, 4) is 0 Å². The van der Waals surface area contributed by atoms with Crippen molar-refractivity contribution < 1.29 is 9.18 Å². The number of amides is 2. The van der Waals surface area contributed by atoms with E-state index < -0.39 is 0 Å². The lowest BCUT2D eigenvalue weighted by molar-refractivity contribution is 0.252. The maximum atomic E-state index is 12.7. The average Bonchev–Trinajstić information content (AvgIpc) is 2.44. The van der Waals surface area contributed by atoms with Crippen LogP contribution >= 0.6 is 15.9 Å². The van der Waals surface area contributed by atoms with Crippen LogP contribution in [0.1, 0.15) is 5.56 Å². The van der Waals surface area contributed by atoms with Crippen LogP contribution in [-0.4, -0.2) is 22.5 Å². The summed E-state index contributed by atoms with van der Waals surface area (Å²) in [5, 5.41) is 5.18. The van der Waals surface area contributed by atoms with E-state index in [0.717, 1.165) is 10.0 Å². The van der Waals surface area contributed by atoms with Gasteiger partial charge in [0.25, 0.3) is 0 Å². The number of hydrogen-bond donors (Lipinski definition) is 2. The number of hydrogen-bond acceptors (Lipinski definition) is 3. The summed E-state index contributed by atoms with van der Waals surface area (Å²) in [5.74, 6) is -0.0423. The second-order valence-electron chi connectivity index (χ2n) is 3.98. The van der Waals surface area contributed by atoms with Crippen molar-refractivity contribution >= 4 is 27.9 Å². The Morgan fingerprint density at radius 2 is 1.85 bits per heavy atom. The molecule has 2 N–H and O–H groups in total. The van der Waals surface area contributed by atoms with Crippen molar-refractivity contribution in [1.82, 2.24) is 15.3 Å². The summed E-state index contributed by atoms with van der Waals surface area (Å²) in [6.07, 6.45) is 3.71.